The molecule has 0 unspecified atom stereocenters. The highest BCUT2D eigenvalue weighted by atomic mass is 16.3. The third kappa shape index (κ3) is 6.00. The summed E-state index contributed by atoms with van der Waals surface area (Å²) < 4.78 is 19.4. The Labute approximate surface area is 350 Å². The van der Waals surface area contributed by atoms with Crippen LogP contribution in [0.2, 0.25) is 0 Å². The second-order valence-corrected chi connectivity index (χ2v) is 15.2. The summed E-state index contributed by atoms with van der Waals surface area (Å²) in [7, 11) is 0. The van der Waals surface area contributed by atoms with Crippen molar-refractivity contribution in [3.63, 3.8) is 0 Å². The van der Waals surface area contributed by atoms with E-state index in [2.05, 4.69) is 155 Å². The Hall–Kier alpha value is -8.35. The molecule has 288 valence electrons. The van der Waals surface area contributed by atoms with E-state index in [0.717, 1.165) is 100 Å². The molecular formula is C55H35N3O3. The van der Waals surface area contributed by atoms with Crippen molar-refractivity contribution in [2.24, 2.45) is 0 Å². The average molecular weight is 786 g/mol. The van der Waals surface area contributed by atoms with Gasteiger partial charge in [0.1, 0.15) is 27.8 Å². The number of furan rings is 2. The molecule has 12 rings (SSSR count). The van der Waals surface area contributed by atoms with Crippen LogP contribution in [-0.4, -0.2) is 4.98 Å². The molecule has 0 aliphatic carbocycles. The van der Waals surface area contributed by atoms with Crippen molar-refractivity contribution in [2.45, 2.75) is 0 Å². The van der Waals surface area contributed by atoms with Crippen LogP contribution in [-0.2, 0) is 0 Å². The second kappa shape index (κ2) is 14.2. The van der Waals surface area contributed by atoms with Gasteiger partial charge in [0.15, 0.2) is 5.58 Å². The molecular weight excluding hydrogens is 751 g/mol. The van der Waals surface area contributed by atoms with Gasteiger partial charge in [-0.3, -0.25) is 0 Å². The lowest BCUT2D eigenvalue weighted by molar-refractivity contribution is 0.620. The van der Waals surface area contributed by atoms with E-state index >= 15 is 0 Å². The smallest absolute Gasteiger partial charge is 0.227 e. The minimum atomic E-state index is 0.542. The third-order valence-corrected chi connectivity index (χ3v) is 11.4. The van der Waals surface area contributed by atoms with Gasteiger partial charge in [-0.25, -0.2) is 4.98 Å². The molecule has 0 N–H and O–H groups in total. The summed E-state index contributed by atoms with van der Waals surface area (Å²) >= 11 is 0. The highest BCUT2D eigenvalue weighted by Gasteiger charge is 2.25. The first kappa shape index (κ1) is 34.7. The zero-order valence-corrected chi connectivity index (χ0v) is 32.8. The van der Waals surface area contributed by atoms with Crippen LogP contribution in [0.3, 0.4) is 0 Å². The molecule has 12 aromatic rings. The van der Waals surface area contributed by atoms with Crippen molar-refractivity contribution >= 4 is 89.1 Å². The molecule has 3 aromatic heterocycles. The molecule has 0 spiro atoms. The Morgan fingerprint density at radius 2 is 0.803 bits per heavy atom. The molecule has 0 radical (unpaired) electrons. The number of anilines is 6. The summed E-state index contributed by atoms with van der Waals surface area (Å²) in [5.74, 6) is 0.542. The van der Waals surface area contributed by atoms with Gasteiger partial charge in [0.05, 0.1) is 11.4 Å². The van der Waals surface area contributed by atoms with E-state index in [1.165, 1.54) is 0 Å². The minimum Gasteiger partial charge on any atom is -0.456 e. The fraction of sp³-hybridized carbons (Fsp3) is 0. The number of oxazole rings is 1. The second-order valence-electron chi connectivity index (χ2n) is 15.2. The van der Waals surface area contributed by atoms with Crippen molar-refractivity contribution < 1.29 is 13.3 Å². The van der Waals surface area contributed by atoms with E-state index in [1.807, 2.05) is 66.7 Å². The third-order valence-electron chi connectivity index (χ3n) is 11.4. The summed E-state index contributed by atoms with van der Waals surface area (Å²) in [4.78, 5) is 9.87. The summed E-state index contributed by atoms with van der Waals surface area (Å²) in [5.41, 5.74) is 13.5. The Bertz CT molecular complexity index is 3550. The lowest BCUT2D eigenvalue weighted by Gasteiger charge is -2.29. The van der Waals surface area contributed by atoms with Crippen molar-refractivity contribution in [3.8, 4) is 22.6 Å². The number of hydrogen-bond acceptors (Lipinski definition) is 6. The van der Waals surface area contributed by atoms with E-state index < -0.39 is 0 Å². The molecule has 0 saturated carbocycles. The van der Waals surface area contributed by atoms with E-state index in [0.29, 0.717) is 11.5 Å². The van der Waals surface area contributed by atoms with Crippen molar-refractivity contribution in [1.82, 2.24) is 4.98 Å². The van der Waals surface area contributed by atoms with Gasteiger partial charge in [-0.1, -0.05) is 115 Å². The van der Waals surface area contributed by atoms with Crippen LogP contribution in [0.5, 0.6) is 0 Å². The highest BCUT2D eigenvalue weighted by Crippen LogP contribution is 2.47. The van der Waals surface area contributed by atoms with E-state index in [9.17, 15) is 0 Å². The first-order valence-electron chi connectivity index (χ1n) is 20.4. The van der Waals surface area contributed by atoms with Gasteiger partial charge in [-0.2, -0.15) is 0 Å². The maximum absolute atomic E-state index is 6.81. The number of nitrogens with zero attached hydrogens (tertiary/aromatic N) is 3. The van der Waals surface area contributed by atoms with E-state index in [4.69, 9.17) is 18.2 Å². The topological polar surface area (TPSA) is 58.8 Å². The Balaban J connectivity index is 1.15. The zero-order valence-electron chi connectivity index (χ0n) is 32.8. The van der Waals surface area contributed by atoms with Gasteiger partial charge in [-0.05, 0) is 102 Å². The molecule has 0 saturated heterocycles. The SMILES string of the molecule is c1ccc(-c2cccc(N(c3ccc4oc5ccccc5c4c3)c3cc(N(c4ccccc4)c4ccc5oc6ccccc6c5c4)cc4oc(-c5ccccc5)nc34)c2)cc1. The lowest BCUT2D eigenvalue weighted by Crippen LogP contribution is -2.14. The molecule has 3 heterocycles. The Kier molecular flexibility index (Phi) is 8.06. The van der Waals surface area contributed by atoms with Crippen molar-refractivity contribution in [3.05, 3.63) is 212 Å². The number of para-hydroxylation sites is 3. The number of fused-ring (bicyclic) bond motifs is 7. The zero-order chi connectivity index (χ0) is 40.3. The fourth-order valence-corrected chi connectivity index (χ4v) is 8.61. The predicted molar refractivity (Wildman–Crippen MR) is 249 cm³/mol. The van der Waals surface area contributed by atoms with Crippen molar-refractivity contribution in [1.29, 1.82) is 0 Å². The molecule has 61 heavy (non-hydrogen) atoms. The molecule has 0 atom stereocenters. The van der Waals surface area contributed by atoms with Gasteiger partial charge in [0.25, 0.3) is 0 Å². The van der Waals surface area contributed by atoms with E-state index in [1.54, 1.807) is 0 Å². The highest BCUT2D eigenvalue weighted by molar-refractivity contribution is 6.09. The molecule has 6 heteroatoms. The summed E-state index contributed by atoms with van der Waals surface area (Å²) in [6.45, 7) is 0. The summed E-state index contributed by atoms with van der Waals surface area (Å²) in [6.07, 6.45) is 0. The molecule has 6 nitrogen and oxygen atoms in total. The van der Waals surface area contributed by atoms with Crippen LogP contribution in [0.4, 0.5) is 34.1 Å². The number of benzene rings is 9. The average Bonchev–Trinajstić information content (AvgIpc) is 4.04. The molecule has 9 aromatic carbocycles. The van der Waals surface area contributed by atoms with Crippen LogP contribution < -0.4 is 9.80 Å². The van der Waals surface area contributed by atoms with Gasteiger partial charge in [0, 0.05) is 55.9 Å². The van der Waals surface area contributed by atoms with Gasteiger partial charge >= 0.3 is 0 Å². The van der Waals surface area contributed by atoms with Crippen LogP contribution in [0.25, 0.3) is 77.6 Å². The molecule has 0 aliphatic rings. The first-order valence-corrected chi connectivity index (χ1v) is 20.4. The monoisotopic (exact) mass is 785 g/mol. The maximum atomic E-state index is 6.81. The summed E-state index contributed by atoms with van der Waals surface area (Å²) in [6, 6.07) is 73.3. The number of hydrogen-bond donors (Lipinski definition) is 0. The molecule has 0 amide bonds. The normalized spacial score (nSPS) is 11.6. The standard InChI is InChI=1S/C55H35N3O3/c1-4-15-36(16-5-1)38-19-14-22-40(31-38)58(42-28-30-52-47(33-42)45-24-11-13-26-50(45)60-52)48-34-43(35-53-54(48)56-55(61-53)37-17-6-2-7-18-37)57(39-20-8-3-9-21-39)41-27-29-51-46(32-41)44-23-10-12-25-49(44)59-51/h1-35H. The van der Waals surface area contributed by atoms with E-state index in [-0.39, 0.29) is 0 Å². The van der Waals surface area contributed by atoms with Crippen LogP contribution in [0, 0.1) is 0 Å². The number of rotatable bonds is 8. The van der Waals surface area contributed by atoms with Crippen LogP contribution in [0.15, 0.2) is 226 Å². The maximum Gasteiger partial charge on any atom is 0.227 e. The van der Waals surface area contributed by atoms with Gasteiger partial charge in [0.2, 0.25) is 5.89 Å². The first-order chi connectivity index (χ1) is 30.2. The van der Waals surface area contributed by atoms with Gasteiger partial charge < -0.3 is 23.1 Å². The van der Waals surface area contributed by atoms with Gasteiger partial charge in [-0.15, -0.1) is 0 Å². The molecule has 0 bridgehead atoms. The lowest BCUT2D eigenvalue weighted by atomic mass is 10.0. The fourth-order valence-electron chi connectivity index (χ4n) is 8.61. The largest absolute Gasteiger partial charge is 0.456 e. The van der Waals surface area contributed by atoms with Crippen LogP contribution in [0.1, 0.15) is 0 Å². The Morgan fingerprint density at radius 3 is 1.46 bits per heavy atom. The Morgan fingerprint density at radius 1 is 0.295 bits per heavy atom. The molecule has 0 fully saturated rings. The predicted octanol–water partition coefficient (Wildman–Crippen LogP) is 15.9. The number of aromatic nitrogens is 1. The minimum absolute atomic E-state index is 0.542. The molecule has 0 aliphatic heterocycles. The summed E-state index contributed by atoms with van der Waals surface area (Å²) in [5, 5.41) is 4.20. The van der Waals surface area contributed by atoms with Crippen molar-refractivity contribution in [2.75, 3.05) is 9.80 Å². The quantitative estimate of drug-likeness (QED) is 0.153. The van der Waals surface area contributed by atoms with Crippen LogP contribution >= 0.6 is 0 Å².